The smallest absolute Gasteiger partial charge is 0.325 e. The first-order valence-electron chi connectivity index (χ1n) is 10.7. The van der Waals surface area contributed by atoms with Crippen molar-refractivity contribution in [3.63, 3.8) is 0 Å². The van der Waals surface area contributed by atoms with Crippen LogP contribution >= 0.6 is 0 Å². The number of piperazine rings is 1. The number of carboxylic acid groups (broad SMARTS) is 2. The Kier molecular flexibility index (Phi) is 6.24. The van der Waals surface area contributed by atoms with Crippen LogP contribution in [-0.2, 0) is 20.9 Å². The summed E-state index contributed by atoms with van der Waals surface area (Å²) < 4.78 is 1.59. The lowest BCUT2D eigenvalue weighted by Crippen LogP contribution is -2.51. The number of para-hydroxylation sites is 1. The Morgan fingerprint density at radius 3 is 2.23 bits per heavy atom. The maximum absolute atomic E-state index is 12.4. The highest BCUT2D eigenvalue weighted by atomic mass is 16.4. The van der Waals surface area contributed by atoms with Gasteiger partial charge in [-0.05, 0) is 18.9 Å². The summed E-state index contributed by atoms with van der Waals surface area (Å²) >= 11 is 0. The Bertz CT molecular complexity index is 973. The molecule has 0 unspecified atom stereocenters. The number of fused-ring (bicyclic) bond motifs is 1. The van der Waals surface area contributed by atoms with Gasteiger partial charge in [0.25, 0.3) is 0 Å². The lowest BCUT2D eigenvalue weighted by atomic mass is 10.0. The van der Waals surface area contributed by atoms with Crippen molar-refractivity contribution in [2.24, 2.45) is 0 Å². The predicted molar refractivity (Wildman–Crippen MR) is 114 cm³/mol. The van der Waals surface area contributed by atoms with Gasteiger partial charge in [-0.1, -0.05) is 18.2 Å². The van der Waals surface area contributed by atoms with Crippen LogP contribution in [-0.4, -0.2) is 93.1 Å². The molecule has 1 atom stereocenters. The van der Waals surface area contributed by atoms with E-state index in [0.717, 1.165) is 31.3 Å². The van der Waals surface area contributed by atoms with Crippen molar-refractivity contribution in [1.82, 2.24) is 19.3 Å². The molecule has 2 aromatic rings. The number of carboxylic acids is 2. The second-order valence-corrected chi connectivity index (χ2v) is 8.26. The fourth-order valence-corrected chi connectivity index (χ4v) is 4.69. The third-order valence-corrected chi connectivity index (χ3v) is 6.24. The molecule has 166 valence electrons. The Labute approximate surface area is 180 Å². The molecule has 31 heavy (non-hydrogen) atoms. The van der Waals surface area contributed by atoms with Gasteiger partial charge in [0.1, 0.15) is 12.6 Å². The SMILES string of the molecule is O=C(O)Cn1cc([C@H](C(=O)O)N2CCN(CC(=O)N3CCCC3)CC2)c2ccccc21. The number of nitrogens with zero attached hydrogens (tertiary/aromatic N) is 4. The summed E-state index contributed by atoms with van der Waals surface area (Å²) in [7, 11) is 0. The van der Waals surface area contributed by atoms with Crippen molar-refractivity contribution in [2.75, 3.05) is 45.8 Å². The topological polar surface area (TPSA) is 106 Å². The zero-order valence-electron chi connectivity index (χ0n) is 17.4. The fraction of sp³-hybridized carbons (Fsp3) is 0.500. The third kappa shape index (κ3) is 4.57. The molecule has 0 saturated carbocycles. The molecular formula is C22H28N4O5. The Morgan fingerprint density at radius 1 is 0.903 bits per heavy atom. The van der Waals surface area contributed by atoms with Crippen LogP contribution in [0, 0.1) is 0 Å². The van der Waals surface area contributed by atoms with Gasteiger partial charge in [-0.25, -0.2) is 0 Å². The Hall–Kier alpha value is -2.91. The number of carbonyl (C=O) groups is 3. The number of aromatic nitrogens is 1. The summed E-state index contributed by atoms with van der Waals surface area (Å²) in [5.74, 6) is -1.78. The average Bonchev–Trinajstić information content (AvgIpc) is 3.39. The van der Waals surface area contributed by atoms with Crippen LogP contribution in [0.4, 0.5) is 0 Å². The number of benzene rings is 1. The summed E-state index contributed by atoms with van der Waals surface area (Å²) in [5, 5.41) is 20.0. The van der Waals surface area contributed by atoms with Crippen molar-refractivity contribution >= 4 is 28.7 Å². The molecule has 0 radical (unpaired) electrons. The van der Waals surface area contributed by atoms with Crippen LogP contribution in [0.3, 0.4) is 0 Å². The highest BCUT2D eigenvalue weighted by Gasteiger charge is 2.33. The maximum Gasteiger partial charge on any atom is 0.325 e. The number of hydrogen-bond acceptors (Lipinski definition) is 5. The van der Waals surface area contributed by atoms with Gasteiger partial charge in [0, 0.05) is 61.9 Å². The van der Waals surface area contributed by atoms with E-state index in [1.807, 2.05) is 34.1 Å². The predicted octanol–water partition coefficient (Wildman–Crippen LogP) is 1.09. The largest absolute Gasteiger partial charge is 0.480 e. The van der Waals surface area contributed by atoms with Gasteiger partial charge in [0.15, 0.2) is 0 Å². The van der Waals surface area contributed by atoms with E-state index in [0.29, 0.717) is 43.8 Å². The summed E-state index contributed by atoms with van der Waals surface area (Å²) in [5.41, 5.74) is 1.31. The van der Waals surface area contributed by atoms with E-state index >= 15 is 0 Å². The highest BCUT2D eigenvalue weighted by Crippen LogP contribution is 2.31. The van der Waals surface area contributed by atoms with Crippen molar-refractivity contribution in [2.45, 2.75) is 25.4 Å². The van der Waals surface area contributed by atoms with Gasteiger partial charge in [-0.3, -0.25) is 24.2 Å². The van der Waals surface area contributed by atoms with Crippen molar-refractivity contribution in [1.29, 1.82) is 0 Å². The lowest BCUT2D eigenvalue weighted by Gasteiger charge is -2.37. The standard InChI is InChI=1S/C22H28N4O5/c27-19(24-7-3-4-8-24)14-23-9-11-25(12-10-23)21(22(30)31)17-13-26(15-20(28)29)18-6-2-1-5-16(17)18/h1-2,5-6,13,21H,3-4,7-12,14-15H2,(H,28,29)(H,30,31)/t21-/m1/s1. The molecule has 3 heterocycles. The van der Waals surface area contributed by atoms with Crippen LogP contribution in [0.25, 0.3) is 10.9 Å². The number of hydrogen-bond donors (Lipinski definition) is 2. The summed E-state index contributed by atoms with van der Waals surface area (Å²) in [4.78, 5) is 41.9. The number of amides is 1. The van der Waals surface area contributed by atoms with Crippen LogP contribution in [0.2, 0.25) is 0 Å². The molecule has 4 rings (SSSR count). The molecule has 1 aromatic heterocycles. The molecule has 2 saturated heterocycles. The molecule has 9 heteroatoms. The first kappa shape index (κ1) is 21.3. The molecule has 2 aliphatic heterocycles. The van der Waals surface area contributed by atoms with Crippen LogP contribution in [0.15, 0.2) is 30.5 Å². The Balaban J connectivity index is 1.50. The molecule has 1 amide bonds. The van der Waals surface area contributed by atoms with Gasteiger partial charge in [0.2, 0.25) is 5.91 Å². The second-order valence-electron chi connectivity index (χ2n) is 8.26. The van der Waals surface area contributed by atoms with Crippen molar-refractivity contribution in [3.8, 4) is 0 Å². The highest BCUT2D eigenvalue weighted by molar-refractivity contribution is 5.90. The number of aliphatic carboxylic acids is 2. The molecule has 2 N–H and O–H groups in total. The molecule has 2 fully saturated rings. The lowest BCUT2D eigenvalue weighted by molar-refractivity contribution is -0.145. The van der Waals surface area contributed by atoms with E-state index in [9.17, 15) is 24.6 Å². The minimum atomic E-state index is -0.976. The monoisotopic (exact) mass is 428 g/mol. The average molecular weight is 428 g/mol. The maximum atomic E-state index is 12.4. The number of carbonyl (C=O) groups excluding carboxylic acids is 1. The van der Waals surface area contributed by atoms with Gasteiger partial charge < -0.3 is 19.7 Å². The Morgan fingerprint density at radius 2 is 1.58 bits per heavy atom. The molecule has 9 nitrogen and oxygen atoms in total. The van der Waals surface area contributed by atoms with E-state index in [4.69, 9.17) is 0 Å². The first-order valence-corrected chi connectivity index (χ1v) is 10.7. The number of likely N-dealkylation sites (tertiary alicyclic amines) is 1. The normalized spacial score (nSPS) is 19.0. The minimum Gasteiger partial charge on any atom is -0.480 e. The van der Waals surface area contributed by atoms with Crippen LogP contribution < -0.4 is 0 Å². The first-order chi connectivity index (χ1) is 14.9. The molecule has 2 aliphatic rings. The molecule has 0 aliphatic carbocycles. The zero-order chi connectivity index (χ0) is 22.0. The van der Waals surface area contributed by atoms with E-state index in [1.165, 1.54) is 0 Å². The summed E-state index contributed by atoms with van der Waals surface area (Å²) in [6.45, 7) is 4.13. The van der Waals surface area contributed by atoms with Crippen LogP contribution in [0.1, 0.15) is 24.4 Å². The summed E-state index contributed by atoms with van der Waals surface area (Å²) in [6.07, 6.45) is 3.78. The molecular weight excluding hydrogens is 400 g/mol. The third-order valence-electron chi connectivity index (χ3n) is 6.24. The van der Waals surface area contributed by atoms with Gasteiger partial charge in [-0.2, -0.15) is 0 Å². The van der Waals surface area contributed by atoms with Crippen molar-refractivity contribution < 1.29 is 24.6 Å². The molecule has 1 aromatic carbocycles. The van der Waals surface area contributed by atoms with E-state index in [-0.39, 0.29) is 12.5 Å². The molecule has 0 spiro atoms. The van der Waals surface area contributed by atoms with Gasteiger partial charge >= 0.3 is 11.9 Å². The van der Waals surface area contributed by atoms with Crippen LogP contribution in [0.5, 0.6) is 0 Å². The fourth-order valence-electron chi connectivity index (χ4n) is 4.69. The second kappa shape index (κ2) is 9.07. The number of rotatable bonds is 7. The van der Waals surface area contributed by atoms with Gasteiger partial charge in [-0.15, -0.1) is 0 Å². The van der Waals surface area contributed by atoms with E-state index < -0.39 is 18.0 Å². The van der Waals surface area contributed by atoms with E-state index in [2.05, 4.69) is 4.90 Å². The molecule has 0 bridgehead atoms. The minimum absolute atomic E-state index is 0.150. The quantitative estimate of drug-likeness (QED) is 0.680. The zero-order valence-corrected chi connectivity index (χ0v) is 17.4. The van der Waals surface area contributed by atoms with E-state index in [1.54, 1.807) is 10.8 Å². The van der Waals surface area contributed by atoms with Crippen molar-refractivity contribution in [3.05, 3.63) is 36.0 Å². The van der Waals surface area contributed by atoms with Gasteiger partial charge in [0.05, 0.1) is 6.54 Å². The summed E-state index contributed by atoms with van der Waals surface area (Å²) in [6, 6.07) is 6.43.